The molecular weight excluding hydrogens is 544 g/mol. The molecule has 7 rings (SSSR count). The van der Waals surface area contributed by atoms with Gasteiger partial charge in [0.15, 0.2) is 0 Å². The Hall–Kier alpha value is -1.67. The molecule has 240 valence electrons. The Balaban J connectivity index is 1.02. The maximum atomic E-state index is 13.4. The second kappa shape index (κ2) is 11.6. The number of esters is 1. The van der Waals surface area contributed by atoms with Crippen LogP contribution in [0.5, 0.6) is 0 Å². The van der Waals surface area contributed by atoms with Crippen molar-refractivity contribution in [2.75, 3.05) is 45.9 Å². The number of Topliss-reactive ketones (excluding diaryl/α,β-unsaturated/α-hetero) is 1. The second-order valence-corrected chi connectivity index (χ2v) is 16.0. The molecule has 1 unspecified atom stereocenters. The van der Waals surface area contributed by atoms with E-state index in [2.05, 4.69) is 18.7 Å². The molecule has 8 atom stereocenters. The molecular formula is C35H54N2O6. The third-order valence-electron chi connectivity index (χ3n) is 13.8. The van der Waals surface area contributed by atoms with Gasteiger partial charge >= 0.3 is 12.1 Å². The average Bonchev–Trinajstić information content (AvgIpc) is 3.48. The summed E-state index contributed by atoms with van der Waals surface area (Å²) in [5.74, 6) is 2.87. The fourth-order valence-electron chi connectivity index (χ4n) is 11.2. The predicted molar refractivity (Wildman–Crippen MR) is 161 cm³/mol. The van der Waals surface area contributed by atoms with Crippen molar-refractivity contribution in [3.63, 3.8) is 0 Å². The standard InChI is InChI=1S/C35H54N2O6/c1-33-14-15-35(20-25(33)8-9-27-28-10-11-30(38)34(28,2)13-12-29(27)33)23-37(32(40)43-35)22-26(21-36-16-18-41-19-17-36)42-31(39)24-6-4-3-5-7-24/h24-29H,3-23H2,1-2H3/t25-,26?,27-,28-,29-,33-,34-,35+/m0/s1. The van der Waals surface area contributed by atoms with E-state index in [1.807, 2.05) is 4.90 Å². The highest BCUT2D eigenvalue weighted by atomic mass is 16.6. The van der Waals surface area contributed by atoms with E-state index in [4.69, 9.17) is 14.2 Å². The zero-order chi connectivity index (χ0) is 29.8. The molecule has 7 fully saturated rings. The molecule has 0 aromatic rings. The van der Waals surface area contributed by atoms with Crippen LogP contribution in [0.3, 0.4) is 0 Å². The van der Waals surface area contributed by atoms with Gasteiger partial charge in [0.25, 0.3) is 0 Å². The SMILES string of the molecule is C[C@]12CC[C@@]3(C[C@@H]1CC[C@@H]1[C@@H]2CC[C@]2(C)C(=O)CC[C@@H]12)CN(CC(CN1CCOCC1)OC(=O)C1CCCCC1)C(=O)O3. The molecule has 0 bridgehead atoms. The monoisotopic (exact) mass is 598 g/mol. The highest BCUT2D eigenvalue weighted by molar-refractivity contribution is 5.87. The van der Waals surface area contributed by atoms with Crippen LogP contribution in [0.4, 0.5) is 4.79 Å². The Kier molecular flexibility index (Phi) is 8.10. The van der Waals surface area contributed by atoms with Crippen molar-refractivity contribution in [1.29, 1.82) is 0 Å². The van der Waals surface area contributed by atoms with E-state index >= 15 is 0 Å². The van der Waals surface area contributed by atoms with Gasteiger partial charge in [-0.25, -0.2) is 4.79 Å². The van der Waals surface area contributed by atoms with Gasteiger partial charge in [-0.1, -0.05) is 33.1 Å². The van der Waals surface area contributed by atoms with E-state index < -0.39 is 5.60 Å². The van der Waals surface area contributed by atoms with Gasteiger partial charge in [-0.15, -0.1) is 0 Å². The van der Waals surface area contributed by atoms with E-state index in [0.717, 1.165) is 77.3 Å². The van der Waals surface area contributed by atoms with Crippen molar-refractivity contribution >= 4 is 17.8 Å². The van der Waals surface area contributed by atoms with Crippen LogP contribution in [0.1, 0.15) is 104 Å². The minimum atomic E-state index is -0.433. The fourth-order valence-corrected chi connectivity index (χ4v) is 11.2. The molecule has 7 aliphatic rings. The average molecular weight is 599 g/mol. The lowest BCUT2D eigenvalue weighted by atomic mass is 9.44. The summed E-state index contributed by atoms with van der Waals surface area (Å²) in [6.07, 6.45) is 14.0. The summed E-state index contributed by atoms with van der Waals surface area (Å²) in [4.78, 5) is 43.6. The maximum absolute atomic E-state index is 13.4. The summed E-state index contributed by atoms with van der Waals surface area (Å²) in [6, 6.07) is 0. The van der Waals surface area contributed by atoms with Crippen molar-refractivity contribution in [3.8, 4) is 0 Å². The lowest BCUT2D eigenvalue weighted by Crippen LogP contribution is -2.56. The van der Waals surface area contributed by atoms with Gasteiger partial charge in [-0.2, -0.15) is 0 Å². The maximum Gasteiger partial charge on any atom is 0.410 e. The van der Waals surface area contributed by atoms with Crippen LogP contribution in [-0.4, -0.2) is 85.3 Å². The Bertz CT molecular complexity index is 1090. The Morgan fingerprint density at radius 3 is 2.51 bits per heavy atom. The first-order chi connectivity index (χ1) is 20.7. The van der Waals surface area contributed by atoms with Crippen molar-refractivity contribution in [3.05, 3.63) is 0 Å². The number of hydrogen-bond donors (Lipinski definition) is 0. The lowest BCUT2D eigenvalue weighted by molar-refractivity contribution is -0.157. The van der Waals surface area contributed by atoms with Crippen LogP contribution >= 0.6 is 0 Å². The van der Waals surface area contributed by atoms with E-state index in [1.54, 1.807) is 0 Å². The molecule has 8 heteroatoms. The quantitative estimate of drug-likeness (QED) is 0.367. The second-order valence-electron chi connectivity index (χ2n) is 16.0. The fraction of sp³-hybridized carbons (Fsp3) is 0.914. The summed E-state index contributed by atoms with van der Waals surface area (Å²) in [5, 5.41) is 0. The minimum absolute atomic E-state index is 0.0102. The summed E-state index contributed by atoms with van der Waals surface area (Å²) >= 11 is 0. The van der Waals surface area contributed by atoms with E-state index in [9.17, 15) is 14.4 Å². The van der Waals surface area contributed by atoms with Crippen LogP contribution in [0.15, 0.2) is 0 Å². The first kappa shape index (κ1) is 30.0. The van der Waals surface area contributed by atoms with Crippen LogP contribution < -0.4 is 0 Å². The Labute approximate surface area is 257 Å². The number of carbonyl (C=O) groups is 3. The highest BCUT2D eigenvalue weighted by Crippen LogP contribution is 2.66. The number of rotatable bonds is 6. The summed E-state index contributed by atoms with van der Waals surface area (Å²) in [6.45, 7) is 9.44. The zero-order valence-electron chi connectivity index (χ0n) is 26.7. The van der Waals surface area contributed by atoms with E-state index in [-0.39, 0.29) is 34.9 Å². The Morgan fingerprint density at radius 1 is 0.930 bits per heavy atom. The third-order valence-corrected chi connectivity index (χ3v) is 13.8. The van der Waals surface area contributed by atoms with Crippen LogP contribution in [-0.2, 0) is 23.8 Å². The van der Waals surface area contributed by atoms with Crippen LogP contribution in [0.25, 0.3) is 0 Å². The zero-order valence-corrected chi connectivity index (χ0v) is 26.7. The van der Waals surface area contributed by atoms with Gasteiger partial charge in [0.2, 0.25) is 0 Å². The number of amides is 1. The van der Waals surface area contributed by atoms with Gasteiger partial charge in [0.05, 0.1) is 32.2 Å². The molecule has 5 saturated carbocycles. The number of ether oxygens (including phenoxy) is 3. The normalized spacial score (nSPS) is 42.7. The van der Waals surface area contributed by atoms with Crippen molar-refractivity contribution in [2.45, 2.75) is 115 Å². The molecule has 0 N–H and O–H groups in total. The van der Waals surface area contributed by atoms with Gasteiger partial charge in [0.1, 0.15) is 17.5 Å². The number of nitrogens with zero attached hydrogens (tertiary/aromatic N) is 2. The van der Waals surface area contributed by atoms with Crippen molar-refractivity contribution in [2.24, 2.45) is 40.4 Å². The molecule has 0 radical (unpaired) electrons. The topological polar surface area (TPSA) is 85.4 Å². The van der Waals surface area contributed by atoms with Crippen molar-refractivity contribution in [1.82, 2.24) is 9.80 Å². The van der Waals surface area contributed by atoms with Crippen molar-refractivity contribution < 1.29 is 28.6 Å². The molecule has 8 nitrogen and oxygen atoms in total. The molecule has 43 heavy (non-hydrogen) atoms. The largest absolute Gasteiger partial charge is 0.459 e. The number of hydrogen-bond acceptors (Lipinski definition) is 7. The first-order valence-electron chi connectivity index (χ1n) is 17.7. The number of fused-ring (bicyclic) bond motifs is 5. The summed E-state index contributed by atoms with van der Waals surface area (Å²) in [7, 11) is 0. The first-order valence-corrected chi connectivity index (χ1v) is 17.7. The van der Waals surface area contributed by atoms with Gasteiger partial charge in [0, 0.05) is 31.5 Å². The predicted octanol–water partition coefficient (Wildman–Crippen LogP) is 5.61. The smallest absolute Gasteiger partial charge is 0.410 e. The van der Waals surface area contributed by atoms with Gasteiger partial charge in [-0.3, -0.25) is 14.5 Å². The number of ketones is 1. The molecule has 2 heterocycles. The third kappa shape index (κ3) is 5.44. The van der Waals surface area contributed by atoms with Gasteiger partial charge in [-0.05, 0) is 93.3 Å². The van der Waals surface area contributed by atoms with Gasteiger partial charge < -0.3 is 19.1 Å². The molecule has 0 aromatic heterocycles. The van der Waals surface area contributed by atoms with E-state index in [1.165, 1.54) is 25.7 Å². The molecule has 2 saturated heterocycles. The summed E-state index contributed by atoms with van der Waals surface area (Å²) in [5.41, 5.74) is -0.257. The molecule has 2 aliphatic heterocycles. The summed E-state index contributed by atoms with van der Waals surface area (Å²) < 4.78 is 18.1. The number of morpholine rings is 1. The molecule has 5 aliphatic carbocycles. The van der Waals surface area contributed by atoms with Crippen LogP contribution in [0, 0.1) is 40.4 Å². The molecule has 1 amide bonds. The molecule has 0 aromatic carbocycles. The lowest BCUT2D eigenvalue weighted by Gasteiger charge is -2.61. The minimum Gasteiger partial charge on any atom is -0.459 e. The highest BCUT2D eigenvalue weighted by Gasteiger charge is 2.63. The van der Waals surface area contributed by atoms with E-state index in [0.29, 0.717) is 62.3 Å². The Morgan fingerprint density at radius 2 is 1.72 bits per heavy atom. The number of carbonyl (C=O) groups excluding carboxylic acids is 3. The van der Waals surface area contributed by atoms with Crippen LogP contribution in [0.2, 0.25) is 0 Å². The molecule has 1 spiro atoms.